The summed E-state index contributed by atoms with van der Waals surface area (Å²) in [5, 5.41) is 60.4. The van der Waals surface area contributed by atoms with Crippen molar-refractivity contribution in [3.63, 3.8) is 0 Å². The third-order valence-electron chi connectivity index (χ3n) is 6.75. The van der Waals surface area contributed by atoms with Gasteiger partial charge < -0.3 is 54.3 Å². The maximum absolute atomic E-state index is 12.2. The minimum absolute atomic E-state index is 0.0620. The minimum Gasteiger partial charge on any atom is -0.462 e. The first-order chi connectivity index (χ1) is 15.6. The van der Waals surface area contributed by atoms with E-state index in [1.165, 1.54) is 6.26 Å². The summed E-state index contributed by atoms with van der Waals surface area (Å²) >= 11 is 0. The monoisotopic (exact) mass is 476 g/mol. The molecule has 1 unspecified atom stereocenters. The summed E-state index contributed by atoms with van der Waals surface area (Å²) < 4.78 is 27.6. The molecule has 3 aliphatic heterocycles. The number of aliphatic hydroxyl groups is 6. The molecule has 188 valence electrons. The molecule has 0 aromatic heterocycles. The Labute approximate surface area is 190 Å². The second-order valence-corrected chi connectivity index (χ2v) is 9.52. The normalized spacial score (nSPS) is 46.3. The van der Waals surface area contributed by atoms with E-state index in [1.807, 2.05) is 13.8 Å². The van der Waals surface area contributed by atoms with Crippen LogP contribution in [0, 0.1) is 17.8 Å². The Balaban J connectivity index is 1.49. The molecule has 0 spiro atoms. The zero-order valence-electron chi connectivity index (χ0n) is 18.4. The van der Waals surface area contributed by atoms with E-state index >= 15 is 0 Å². The van der Waals surface area contributed by atoms with Gasteiger partial charge >= 0.3 is 5.97 Å². The zero-order valence-corrected chi connectivity index (χ0v) is 18.4. The Morgan fingerprint density at radius 3 is 2.48 bits per heavy atom. The lowest BCUT2D eigenvalue weighted by atomic mass is 9.79. The third kappa shape index (κ3) is 4.40. The van der Waals surface area contributed by atoms with Gasteiger partial charge in [-0.15, -0.1) is 0 Å². The Morgan fingerprint density at radius 1 is 1.12 bits per heavy atom. The predicted octanol–water partition coefficient (Wildman–Crippen LogP) is -2.63. The number of hydrogen-bond donors (Lipinski definition) is 6. The van der Waals surface area contributed by atoms with Gasteiger partial charge in [0.25, 0.3) is 0 Å². The number of rotatable bonds is 8. The molecule has 0 amide bonds. The summed E-state index contributed by atoms with van der Waals surface area (Å²) in [5.74, 6) is -1.76. The summed E-state index contributed by atoms with van der Waals surface area (Å²) in [6, 6.07) is 0. The van der Waals surface area contributed by atoms with Crippen LogP contribution in [0.1, 0.15) is 20.3 Å². The van der Waals surface area contributed by atoms with Crippen molar-refractivity contribution in [2.75, 3.05) is 19.8 Å². The maximum atomic E-state index is 12.2. The van der Waals surface area contributed by atoms with Crippen molar-refractivity contribution < 1.29 is 59.1 Å². The quantitative estimate of drug-likeness (QED) is 0.158. The van der Waals surface area contributed by atoms with Crippen molar-refractivity contribution >= 4 is 5.97 Å². The molecule has 0 bridgehead atoms. The third-order valence-corrected chi connectivity index (χ3v) is 6.75. The molecule has 3 fully saturated rings. The largest absolute Gasteiger partial charge is 0.462 e. The summed E-state index contributed by atoms with van der Waals surface area (Å²) in [6.07, 6.45) is -7.90. The van der Waals surface area contributed by atoms with E-state index in [-0.39, 0.29) is 18.9 Å². The number of ether oxygens (including phenoxy) is 5. The van der Waals surface area contributed by atoms with E-state index in [2.05, 4.69) is 0 Å². The average molecular weight is 476 g/mol. The zero-order chi connectivity index (χ0) is 24.1. The van der Waals surface area contributed by atoms with Crippen LogP contribution >= 0.6 is 0 Å². The first-order valence-electron chi connectivity index (χ1n) is 11.1. The van der Waals surface area contributed by atoms with Crippen LogP contribution in [0.2, 0.25) is 0 Å². The van der Waals surface area contributed by atoms with Gasteiger partial charge in [-0.3, -0.25) is 4.79 Å². The van der Waals surface area contributed by atoms with Gasteiger partial charge in [-0.05, 0) is 11.5 Å². The van der Waals surface area contributed by atoms with Crippen molar-refractivity contribution in [1.29, 1.82) is 0 Å². The topological polar surface area (TPSA) is 188 Å². The SMILES string of the molecule is CC(C)CC(=O)O[C@@H]1OC=C(CO[C@@H]2O[C@H](CO)[C@@H](O)[C@H](O)[C@H]2O)[C@@H]2[C@H]1[C@](O)(CO)C1O[C@H]12. The van der Waals surface area contributed by atoms with E-state index in [4.69, 9.17) is 23.7 Å². The van der Waals surface area contributed by atoms with Crippen LogP contribution < -0.4 is 0 Å². The van der Waals surface area contributed by atoms with Crippen LogP contribution in [-0.4, -0.2) is 111 Å². The van der Waals surface area contributed by atoms with Crippen LogP contribution in [0.4, 0.5) is 0 Å². The smallest absolute Gasteiger partial charge is 0.309 e. The van der Waals surface area contributed by atoms with Gasteiger partial charge in [0.15, 0.2) is 6.29 Å². The number of hydrogen-bond acceptors (Lipinski definition) is 12. The van der Waals surface area contributed by atoms with Crippen molar-refractivity contribution in [1.82, 2.24) is 0 Å². The highest BCUT2D eigenvalue weighted by Gasteiger charge is 2.74. The molecule has 0 radical (unpaired) electrons. The van der Waals surface area contributed by atoms with E-state index in [1.54, 1.807) is 0 Å². The Kier molecular flexibility index (Phi) is 7.03. The summed E-state index contributed by atoms with van der Waals surface area (Å²) in [4.78, 5) is 12.2. The Morgan fingerprint density at radius 2 is 1.85 bits per heavy atom. The lowest BCUT2D eigenvalue weighted by Gasteiger charge is -2.42. The molecule has 11 atom stereocenters. The van der Waals surface area contributed by atoms with E-state index in [9.17, 15) is 35.4 Å². The van der Waals surface area contributed by atoms with Crippen molar-refractivity contribution in [3.05, 3.63) is 11.8 Å². The fourth-order valence-corrected chi connectivity index (χ4v) is 4.99. The van der Waals surface area contributed by atoms with Crippen molar-refractivity contribution in [2.45, 2.75) is 75.1 Å². The fraction of sp³-hybridized carbons (Fsp3) is 0.857. The number of carbonyl (C=O) groups excluding carboxylic acids is 1. The van der Waals surface area contributed by atoms with E-state index in [0.29, 0.717) is 5.57 Å². The number of esters is 1. The molecule has 33 heavy (non-hydrogen) atoms. The summed E-state index contributed by atoms with van der Waals surface area (Å²) in [5.41, 5.74) is -1.19. The molecule has 1 aliphatic carbocycles. The summed E-state index contributed by atoms with van der Waals surface area (Å²) in [6.45, 7) is 2.33. The highest BCUT2D eigenvalue weighted by atomic mass is 16.7. The van der Waals surface area contributed by atoms with Crippen LogP contribution in [0.5, 0.6) is 0 Å². The number of aliphatic hydroxyl groups excluding tert-OH is 5. The van der Waals surface area contributed by atoms with Crippen LogP contribution in [0.3, 0.4) is 0 Å². The average Bonchev–Trinajstić information content (AvgIpc) is 3.53. The second kappa shape index (κ2) is 9.36. The molecule has 2 saturated heterocycles. The molecule has 6 N–H and O–H groups in total. The maximum Gasteiger partial charge on any atom is 0.309 e. The number of fused-ring (bicyclic) bond motifs is 3. The number of epoxide rings is 1. The molecular weight excluding hydrogens is 444 g/mol. The second-order valence-electron chi connectivity index (χ2n) is 9.52. The Bertz CT molecular complexity index is 756. The van der Waals surface area contributed by atoms with Gasteiger partial charge in [-0.1, -0.05) is 13.8 Å². The van der Waals surface area contributed by atoms with Crippen LogP contribution in [0.15, 0.2) is 11.8 Å². The molecule has 4 rings (SSSR count). The first kappa shape index (κ1) is 24.8. The van der Waals surface area contributed by atoms with Gasteiger partial charge in [0.1, 0.15) is 36.1 Å². The highest BCUT2D eigenvalue weighted by Crippen LogP contribution is 2.58. The molecular formula is C21H32O12. The van der Waals surface area contributed by atoms with E-state index < -0.39 is 85.8 Å². The van der Waals surface area contributed by atoms with Crippen molar-refractivity contribution in [2.24, 2.45) is 17.8 Å². The molecule has 0 aromatic carbocycles. The molecule has 1 saturated carbocycles. The molecule has 12 nitrogen and oxygen atoms in total. The standard InChI is InChI=1S/C21H32O12/c1-8(2)3-11(24)32-19-13-12(17-18(33-17)21(13,28)7-23)9(5-29-19)6-30-20-16(27)15(26)14(25)10(4-22)31-20/h5,8,10,12-20,22-23,25-28H,3-4,6-7H2,1-2H3/t10-,12-,13-,14-,15+,16-,17+,18?,19+,20-,21-/m1/s1. The van der Waals surface area contributed by atoms with Gasteiger partial charge in [0.2, 0.25) is 6.29 Å². The Hall–Kier alpha value is -1.35. The van der Waals surface area contributed by atoms with Gasteiger partial charge in [0.05, 0.1) is 38.1 Å². The molecule has 3 heterocycles. The summed E-state index contributed by atoms with van der Waals surface area (Å²) in [7, 11) is 0. The predicted molar refractivity (Wildman–Crippen MR) is 106 cm³/mol. The first-order valence-corrected chi connectivity index (χ1v) is 11.1. The van der Waals surface area contributed by atoms with Gasteiger partial charge in [0, 0.05) is 12.3 Å². The fourth-order valence-electron chi connectivity index (χ4n) is 4.99. The molecule has 0 aromatic rings. The van der Waals surface area contributed by atoms with Crippen LogP contribution in [0.25, 0.3) is 0 Å². The lowest BCUT2D eigenvalue weighted by Crippen LogP contribution is -2.59. The van der Waals surface area contributed by atoms with E-state index in [0.717, 1.165) is 0 Å². The highest BCUT2D eigenvalue weighted by molar-refractivity contribution is 5.69. The van der Waals surface area contributed by atoms with Crippen LogP contribution in [-0.2, 0) is 28.5 Å². The number of carbonyl (C=O) groups is 1. The van der Waals surface area contributed by atoms with Gasteiger partial charge in [-0.2, -0.15) is 0 Å². The minimum atomic E-state index is -1.69. The lowest BCUT2D eigenvalue weighted by molar-refractivity contribution is -0.300. The molecule has 12 heteroatoms. The van der Waals surface area contributed by atoms with Gasteiger partial charge in [-0.25, -0.2) is 0 Å². The molecule has 4 aliphatic rings. The van der Waals surface area contributed by atoms with Crippen molar-refractivity contribution in [3.8, 4) is 0 Å².